The van der Waals surface area contributed by atoms with Gasteiger partial charge in [0.1, 0.15) is 13.2 Å². The number of esters is 3. The van der Waals surface area contributed by atoms with E-state index in [4.69, 9.17) is 14.2 Å². The van der Waals surface area contributed by atoms with Crippen LogP contribution in [0.15, 0.2) is 36.5 Å². The molecule has 1 unspecified atom stereocenters. The van der Waals surface area contributed by atoms with Gasteiger partial charge in [0.05, 0.1) is 0 Å². The van der Waals surface area contributed by atoms with E-state index in [-0.39, 0.29) is 31.1 Å². The Morgan fingerprint density at radius 2 is 0.655 bits per heavy atom. The minimum absolute atomic E-state index is 0.0802. The molecule has 320 valence electrons. The van der Waals surface area contributed by atoms with Gasteiger partial charge in [0.15, 0.2) is 6.10 Å². The van der Waals surface area contributed by atoms with Crippen molar-refractivity contribution in [1.82, 2.24) is 0 Å². The van der Waals surface area contributed by atoms with Crippen molar-refractivity contribution >= 4 is 17.9 Å². The van der Waals surface area contributed by atoms with Crippen molar-refractivity contribution in [3.05, 3.63) is 36.5 Å². The highest BCUT2D eigenvalue weighted by Crippen LogP contribution is 2.14. The van der Waals surface area contributed by atoms with Crippen LogP contribution in [0.3, 0.4) is 0 Å². The van der Waals surface area contributed by atoms with Crippen LogP contribution in [0.1, 0.15) is 239 Å². The Bertz CT molecular complexity index is 938. The summed E-state index contributed by atoms with van der Waals surface area (Å²) in [5.74, 6) is -0.908. The van der Waals surface area contributed by atoms with Gasteiger partial charge in [-0.15, -0.1) is 0 Å². The van der Waals surface area contributed by atoms with Crippen molar-refractivity contribution in [3.63, 3.8) is 0 Å². The SMILES string of the molecule is CCCCC/C=C\C=C/CCCCCCCCC(=O)OCC(COC(=O)CCCCCCCCCCC)OC(=O)CCCCC/C=C\CCCCCCCC. The normalized spacial score (nSPS) is 12.3. The molecule has 0 aliphatic heterocycles. The molecule has 0 aliphatic carbocycles. The maximum Gasteiger partial charge on any atom is 0.306 e. The molecule has 0 amide bonds. The van der Waals surface area contributed by atoms with E-state index in [1.54, 1.807) is 0 Å². The molecule has 6 heteroatoms. The predicted molar refractivity (Wildman–Crippen MR) is 233 cm³/mol. The van der Waals surface area contributed by atoms with Gasteiger partial charge in [0.2, 0.25) is 0 Å². The van der Waals surface area contributed by atoms with E-state index in [1.165, 1.54) is 122 Å². The lowest BCUT2D eigenvalue weighted by molar-refractivity contribution is -0.167. The molecule has 0 aromatic carbocycles. The van der Waals surface area contributed by atoms with Crippen molar-refractivity contribution in [2.24, 2.45) is 0 Å². The van der Waals surface area contributed by atoms with Crippen LogP contribution in [0.4, 0.5) is 0 Å². The molecule has 0 heterocycles. The van der Waals surface area contributed by atoms with Crippen LogP contribution in [0.5, 0.6) is 0 Å². The van der Waals surface area contributed by atoms with Gasteiger partial charge in [-0.05, 0) is 70.6 Å². The summed E-state index contributed by atoms with van der Waals surface area (Å²) in [6, 6.07) is 0. The first-order valence-corrected chi connectivity index (χ1v) is 23.5. The molecule has 0 saturated heterocycles. The highest BCUT2D eigenvalue weighted by molar-refractivity contribution is 5.71. The highest BCUT2D eigenvalue weighted by Gasteiger charge is 2.19. The van der Waals surface area contributed by atoms with Gasteiger partial charge in [0, 0.05) is 19.3 Å². The standard InChI is InChI=1S/C49H88O6/c1-4-7-10-13-16-19-21-23-24-26-27-30-33-36-39-42-48(51)54-45-46(44-53-47(50)41-38-35-32-29-18-15-12-9-6-3)55-49(52)43-40-37-34-31-28-25-22-20-17-14-11-8-5-2/h16,19,21,23,25,28,46H,4-15,17-18,20,22,24,26-27,29-45H2,1-3H3/b19-16-,23-21-,28-25-. The predicted octanol–water partition coefficient (Wildman–Crippen LogP) is 15.0. The fourth-order valence-electron chi connectivity index (χ4n) is 6.54. The molecular weight excluding hydrogens is 685 g/mol. The lowest BCUT2D eigenvalue weighted by atomic mass is 10.1. The molecule has 0 saturated carbocycles. The van der Waals surface area contributed by atoms with Crippen LogP contribution < -0.4 is 0 Å². The fraction of sp³-hybridized carbons (Fsp3) is 0.816. The number of rotatable bonds is 42. The average Bonchev–Trinajstić information content (AvgIpc) is 3.18. The third-order valence-corrected chi connectivity index (χ3v) is 10.1. The molecule has 0 rings (SSSR count). The van der Waals surface area contributed by atoms with Crippen molar-refractivity contribution in [2.45, 2.75) is 245 Å². The molecule has 0 aliphatic rings. The van der Waals surface area contributed by atoms with E-state index in [1.807, 2.05) is 0 Å². The van der Waals surface area contributed by atoms with Crippen molar-refractivity contribution in [1.29, 1.82) is 0 Å². The molecular formula is C49H88O6. The summed E-state index contributed by atoms with van der Waals surface area (Å²) in [6.07, 6.45) is 49.8. The van der Waals surface area contributed by atoms with Gasteiger partial charge >= 0.3 is 17.9 Å². The van der Waals surface area contributed by atoms with Gasteiger partial charge in [-0.1, -0.05) is 186 Å². The van der Waals surface area contributed by atoms with Gasteiger partial charge < -0.3 is 14.2 Å². The second-order valence-corrected chi connectivity index (χ2v) is 15.7. The first kappa shape index (κ1) is 52.6. The average molecular weight is 773 g/mol. The molecule has 0 bridgehead atoms. The Labute approximate surface area is 340 Å². The minimum Gasteiger partial charge on any atom is -0.462 e. The van der Waals surface area contributed by atoms with E-state index < -0.39 is 6.10 Å². The van der Waals surface area contributed by atoms with Gasteiger partial charge in [-0.25, -0.2) is 0 Å². The second kappa shape index (κ2) is 44.3. The molecule has 0 N–H and O–H groups in total. The number of hydrogen-bond donors (Lipinski definition) is 0. The minimum atomic E-state index is -0.779. The lowest BCUT2D eigenvalue weighted by Gasteiger charge is -2.18. The van der Waals surface area contributed by atoms with E-state index >= 15 is 0 Å². The Balaban J connectivity index is 4.38. The Morgan fingerprint density at radius 1 is 0.364 bits per heavy atom. The molecule has 0 aromatic rings. The van der Waals surface area contributed by atoms with E-state index in [2.05, 4.69) is 57.2 Å². The van der Waals surface area contributed by atoms with Crippen LogP contribution >= 0.6 is 0 Å². The molecule has 0 aromatic heterocycles. The van der Waals surface area contributed by atoms with Gasteiger partial charge in [-0.3, -0.25) is 14.4 Å². The maximum atomic E-state index is 12.7. The zero-order chi connectivity index (χ0) is 40.1. The van der Waals surface area contributed by atoms with Crippen molar-refractivity contribution in [2.75, 3.05) is 13.2 Å². The zero-order valence-corrected chi connectivity index (χ0v) is 36.4. The fourth-order valence-corrected chi connectivity index (χ4v) is 6.54. The first-order chi connectivity index (χ1) is 27.0. The third-order valence-electron chi connectivity index (χ3n) is 10.1. The summed E-state index contributed by atoms with van der Waals surface area (Å²) in [6.45, 7) is 6.56. The zero-order valence-electron chi connectivity index (χ0n) is 36.4. The smallest absolute Gasteiger partial charge is 0.306 e. The highest BCUT2D eigenvalue weighted by atomic mass is 16.6. The van der Waals surface area contributed by atoms with E-state index in [9.17, 15) is 14.4 Å². The molecule has 1 atom stereocenters. The molecule has 0 radical (unpaired) electrons. The Kier molecular flexibility index (Phi) is 42.4. The number of carbonyl (C=O) groups excluding carboxylic acids is 3. The van der Waals surface area contributed by atoms with Crippen LogP contribution in [0, 0.1) is 0 Å². The van der Waals surface area contributed by atoms with E-state index in [0.29, 0.717) is 19.3 Å². The summed E-state index contributed by atoms with van der Waals surface area (Å²) in [5.41, 5.74) is 0. The largest absolute Gasteiger partial charge is 0.462 e. The van der Waals surface area contributed by atoms with Crippen molar-refractivity contribution in [3.8, 4) is 0 Å². The maximum absolute atomic E-state index is 12.7. The number of allylic oxidation sites excluding steroid dienone is 6. The van der Waals surface area contributed by atoms with Crippen LogP contribution in [0.2, 0.25) is 0 Å². The van der Waals surface area contributed by atoms with Crippen LogP contribution in [0.25, 0.3) is 0 Å². The number of unbranched alkanes of at least 4 members (excludes halogenated alkanes) is 26. The summed E-state index contributed by atoms with van der Waals surface area (Å²) >= 11 is 0. The third kappa shape index (κ3) is 42.6. The van der Waals surface area contributed by atoms with Crippen LogP contribution in [-0.4, -0.2) is 37.2 Å². The Morgan fingerprint density at radius 3 is 1.07 bits per heavy atom. The molecule has 6 nitrogen and oxygen atoms in total. The lowest BCUT2D eigenvalue weighted by Crippen LogP contribution is -2.30. The summed E-state index contributed by atoms with van der Waals surface area (Å²) in [4.78, 5) is 37.7. The molecule has 0 fully saturated rings. The molecule has 0 spiro atoms. The number of ether oxygens (including phenoxy) is 3. The quantitative estimate of drug-likeness (QED) is 0.0202. The van der Waals surface area contributed by atoms with Crippen molar-refractivity contribution < 1.29 is 28.6 Å². The van der Waals surface area contributed by atoms with Crippen LogP contribution in [-0.2, 0) is 28.6 Å². The first-order valence-electron chi connectivity index (χ1n) is 23.5. The molecule has 55 heavy (non-hydrogen) atoms. The van der Waals surface area contributed by atoms with E-state index in [0.717, 1.165) is 77.0 Å². The Hall–Kier alpha value is -2.37. The number of carbonyl (C=O) groups is 3. The summed E-state index contributed by atoms with van der Waals surface area (Å²) < 4.78 is 16.7. The summed E-state index contributed by atoms with van der Waals surface area (Å²) in [7, 11) is 0. The second-order valence-electron chi connectivity index (χ2n) is 15.7. The monoisotopic (exact) mass is 773 g/mol. The van der Waals surface area contributed by atoms with Gasteiger partial charge in [0.25, 0.3) is 0 Å². The number of hydrogen-bond acceptors (Lipinski definition) is 6. The topological polar surface area (TPSA) is 78.9 Å². The summed E-state index contributed by atoms with van der Waals surface area (Å²) in [5, 5.41) is 0. The van der Waals surface area contributed by atoms with Gasteiger partial charge in [-0.2, -0.15) is 0 Å².